The maximum Gasteiger partial charge on any atom is 0.164 e. The van der Waals surface area contributed by atoms with Crippen LogP contribution in [0.5, 0.6) is 0 Å². The fraction of sp³-hybridized carbons (Fsp3) is 0.0179. The molecule has 3 aromatic heterocycles. The standard InChI is InChI=1S/C56H39N5/c1-38-17-6-2-3-11-23-44(32-29-38)60-51-28-15-13-26-47(51)49-36-41(31-34-52(49)60)42-30-33-48-46-25-12-14-27-50(46)61(53(48)37-42)45-24-16-22-43(35-45)56-58-54(39-18-7-4-8-19-39)57-55(59-56)40-20-9-5-10-21-40/h2-10,12-37H,1,11H2/b3-2-,17-6-,32-29?,44-23+. The lowest BCUT2D eigenvalue weighted by Crippen LogP contribution is -2.01. The molecular weight excluding hydrogens is 743 g/mol. The highest BCUT2D eigenvalue weighted by Crippen LogP contribution is 2.39. The van der Waals surface area contributed by atoms with E-state index in [-0.39, 0.29) is 0 Å². The molecule has 0 spiro atoms. The van der Waals surface area contributed by atoms with Crippen molar-refractivity contribution < 1.29 is 0 Å². The number of nitrogens with zero attached hydrogens (tertiary/aromatic N) is 5. The highest BCUT2D eigenvalue weighted by Gasteiger charge is 2.18. The van der Waals surface area contributed by atoms with Crippen LogP contribution in [0.4, 0.5) is 0 Å². The molecule has 0 unspecified atom stereocenters. The largest absolute Gasteiger partial charge is 0.310 e. The third-order valence-corrected chi connectivity index (χ3v) is 11.5. The van der Waals surface area contributed by atoms with E-state index in [1.165, 1.54) is 32.6 Å². The van der Waals surface area contributed by atoms with Gasteiger partial charge in [0.15, 0.2) is 17.5 Å². The first-order chi connectivity index (χ1) is 30.2. The molecule has 5 nitrogen and oxygen atoms in total. The Morgan fingerprint density at radius 2 is 0.967 bits per heavy atom. The third kappa shape index (κ3) is 6.59. The van der Waals surface area contributed by atoms with E-state index in [0.29, 0.717) is 17.5 Å². The number of benzene rings is 7. The number of allylic oxidation sites excluding steroid dienone is 9. The van der Waals surface area contributed by atoms with Gasteiger partial charge in [0.05, 0.1) is 22.1 Å². The second kappa shape index (κ2) is 15.2. The van der Waals surface area contributed by atoms with E-state index in [2.05, 4.69) is 155 Å². The van der Waals surface area contributed by atoms with Gasteiger partial charge in [0, 0.05) is 49.6 Å². The van der Waals surface area contributed by atoms with E-state index in [9.17, 15) is 0 Å². The molecule has 3 heterocycles. The molecule has 288 valence electrons. The van der Waals surface area contributed by atoms with Crippen LogP contribution < -0.4 is 0 Å². The number of fused-ring (bicyclic) bond motifs is 6. The molecule has 0 radical (unpaired) electrons. The van der Waals surface area contributed by atoms with Gasteiger partial charge >= 0.3 is 0 Å². The van der Waals surface area contributed by atoms with Gasteiger partial charge in [0.25, 0.3) is 0 Å². The first kappa shape index (κ1) is 36.0. The number of rotatable bonds is 6. The first-order valence-corrected chi connectivity index (χ1v) is 20.6. The van der Waals surface area contributed by atoms with Crippen LogP contribution >= 0.6 is 0 Å². The molecule has 7 aromatic carbocycles. The Morgan fingerprint density at radius 3 is 1.70 bits per heavy atom. The molecule has 11 rings (SSSR count). The van der Waals surface area contributed by atoms with Crippen LogP contribution in [0.2, 0.25) is 0 Å². The molecule has 0 fully saturated rings. The van der Waals surface area contributed by atoms with Gasteiger partial charge in [-0.1, -0.05) is 170 Å². The van der Waals surface area contributed by atoms with Gasteiger partial charge < -0.3 is 9.13 Å². The summed E-state index contributed by atoms with van der Waals surface area (Å²) in [5.74, 6) is 1.90. The van der Waals surface area contributed by atoms with Gasteiger partial charge in [-0.05, 0) is 71.7 Å². The Bertz CT molecular complexity index is 3390. The van der Waals surface area contributed by atoms with Crippen molar-refractivity contribution in [2.75, 3.05) is 0 Å². The number of para-hydroxylation sites is 2. The maximum absolute atomic E-state index is 5.05. The lowest BCUT2D eigenvalue weighted by Gasteiger charge is -2.12. The highest BCUT2D eigenvalue weighted by molar-refractivity contribution is 6.13. The second-order valence-electron chi connectivity index (χ2n) is 15.3. The Morgan fingerprint density at radius 1 is 0.393 bits per heavy atom. The van der Waals surface area contributed by atoms with Crippen molar-refractivity contribution in [3.05, 3.63) is 225 Å². The van der Waals surface area contributed by atoms with Crippen molar-refractivity contribution in [2.45, 2.75) is 6.42 Å². The fourth-order valence-electron chi connectivity index (χ4n) is 8.59. The van der Waals surface area contributed by atoms with Crippen molar-refractivity contribution in [3.63, 3.8) is 0 Å². The van der Waals surface area contributed by atoms with Crippen LogP contribution in [-0.2, 0) is 0 Å². The molecule has 10 aromatic rings. The van der Waals surface area contributed by atoms with Crippen molar-refractivity contribution in [1.82, 2.24) is 24.1 Å². The van der Waals surface area contributed by atoms with Crippen LogP contribution in [0.3, 0.4) is 0 Å². The van der Waals surface area contributed by atoms with E-state index in [4.69, 9.17) is 15.0 Å². The number of aromatic nitrogens is 5. The molecule has 0 N–H and O–H groups in total. The SMILES string of the molecule is C=C1C=C/C(n2c3ccccc3c3cc(-c4ccc5c6ccccc6n(-c6cccc(-c7nc(-c8ccccc8)nc(-c8ccccc8)n7)c6)c5c4)ccc32)=C\C/C=C\C=C/1. The summed E-state index contributed by atoms with van der Waals surface area (Å²) >= 11 is 0. The minimum absolute atomic E-state index is 0.624. The van der Waals surface area contributed by atoms with Gasteiger partial charge in [0.2, 0.25) is 0 Å². The van der Waals surface area contributed by atoms with Gasteiger partial charge in [-0.15, -0.1) is 0 Å². The summed E-state index contributed by atoms with van der Waals surface area (Å²) in [6.07, 6.45) is 15.7. The zero-order chi connectivity index (χ0) is 40.7. The summed E-state index contributed by atoms with van der Waals surface area (Å²) < 4.78 is 4.75. The summed E-state index contributed by atoms with van der Waals surface area (Å²) in [6.45, 7) is 4.23. The molecular formula is C56H39N5. The Hall–Kier alpha value is -8.15. The smallest absolute Gasteiger partial charge is 0.164 e. The molecule has 0 aliphatic heterocycles. The van der Waals surface area contributed by atoms with Gasteiger partial charge in [-0.25, -0.2) is 15.0 Å². The molecule has 0 atom stereocenters. The Balaban J connectivity index is 1.05. The lowest BCUT2D eigenvalue weighted by molar-refractivity contribution is 1.07. The predicted molar refractivity (Wildman–Crippen MR) is 254 cm³/mol. The predicted octanol–water partition coefficient (Wildman–Crippen LogP) is 14.2. The van der Waals surface area contributed by atoms with Gasteiger partial charge in [0.1, 0.15) is 0 Å². The van der Waals surface area contributed by atoms with E-state index < -0.39 is 0 Å². The van der Waals surface area contributed by atoms with E-state index >= 15 is 0 Å². The molecule has 0 bridgehead atoms. The normalized spacial score (nSPS) is 15.0. The van der Waals surface area contributed by atoms with Crippen LogP contribution in [0.1, 0.15) is 6.42 Å². The van der Waals surface area contributed by atoms with Crippen molar-refractivity contribution in [1.29, 1.82) is 0 Å². The first-order valence-electron chi connectivity index (χ1n) is 20.6. The fourth-order valence-corrected chi connectivity index (χ4v) is 8.59. The van der Waals surface area contributed by atoms with Crippen molar-refractivity contribution in [2.24, 2.45) is 0 Å². The average Bonchev–Trinajstić information content (AvgIpc) is 3.84. The van der Waals surface area contributed by atoms with Crippen LogP contribution in [0, 0.1) is 0 Å². The average molecular weight is 782 g/mol. The minimum atomic E-state index is 0.624. The Labute approximate surface area is 354 Å². The summed E-state index contributed by atoms with van der Waals surface area (Å²) in [4.78, 5) is 15.0. The summed E-state index contributed by atoms with van der Waals surface area (Å²) in [5, 5.41) is 4.83. The number of hydrogen-bond acceptors (Lipinski definition) is 3. The zero-order valence-corrected chi connectivity index (χ0v) is 33.4. The maximum atomic E-state index is 5.05. The van der Waals surface area contributed by atoms with E-state index in [1.54, 1.807) is 0 Å². The quantitative estimate of drug-likeness (QED) is 0.169. The lowest BCUT2D eigenvalue weighted by atomic mass is 10.0. The molecule has 1 aliphatic carbocycles. The summed E-state index contributed by atoms with van der Waals surface area (Å²) in [6, 6.07) is 59.9. The topological polar surface area (TPSA) is 48.5 Å². The second-order valence-corrected chi connectivity index (χ2v) is 15.3. The molecule has 61 heavy (non-hydrogen) atoms. The zero-order valence-electron chi connectivity index (χ0n) is 33.4. The van der Waals surface area contributed by atoms with Crippen LogP contribution in [0.15, 0.2) is 225 Å². The van der Waals surface area contributed by atoms with Gasteiger partial charge in [-0.2, -0.15) is 0 Å². The van der Waals surface area contributed by atoms with Crippen LogP contribution in [0.25, 0.3) is 100 Å². The summed E-state index contributed by atoms with van der Waals surface area (Å²) in [5.41, 5.74) is 12.8. The summed E-state index contributed by atoms with van der Waals surface area (Å²) in [7, 11) is 0. The number of hydrogen-bond donors (Lipinski definition) is 0. The highest BCUT2D eigenvalue weighted by atomic mass is 15.0. The Kier molecular flexibility index (Phi) is 8.98. The van der Waals surface area contributed by atoms with E-state index in [0.717, 1.165) is 62.2 Å². The van der Waals surface area contributed by atoms with Crippen molar-refractivity contribution >= 4 is 49.3 Å². The van der Waals surface area contributed by atoms with E-state index in [1.807, 2.05) is 72.8 Å². The molecule has 0 saturated heterocycles. The molecule has 0 amide bonds. The van der Waals surface area contributed by atoms with Gasteiger partial charge in [-0.3, -0.25) is 0 Å². The van der Waals surface area contributed by atoms with Crippen molar-refractivity contribution in [3.8, 4) is 51.0 Å². The minimum Gasteiger partial charge on any atom is -0.310 e. The van der Waals surface area contributed by atoms with Crippen LogP contribution in [-0.4, -0.2) is 24.1 Å². The molecule has 1 aliphatic rings. The molecule has 5 heteroatoms. The monoisotopic (exact) mass is 781 g/mol. The molecule has 0 saturated carbocycles. The third-order valence-electron chi connectivity index (χ3n) is 11.5.